The van der Waals surface area contributed by atoms with Gasteiger partial charge in [0.15, 0.2) is 0 Å². The van der Waals surface area contributed by atoms with Crippen LogP contribution in [0.3, 0.4) is 0 Å². The molecule has 1 heterocycles. The summed E-state index contributed by atoms with van der Waals surface area (Å²) in [5.41, 5.74) is 0.453. The minimum absolute atomic E-state index is 0.0578. The molecule has 0 unspecified atom stereocenters. The predicted molar refractivity (Wildman–Crippen MR) is 164 cm³/mol. The molecular formula is C32H44N4O9. The van der Waals surface area contributed by atoms with Gasteiger partial charge >= 0.3 is 11.9 Å². The Kier molecular flexibility index (Phi) is 13.9. The maximum atomic E-state index is 13.2. The molecule has 2 atom stereocenters. The SMILES string of the molecule is CC(C)[C@H](NC(=O)CCCCCN1C(=O)C=CC1=O)C(=O)N[C@@H](CCC(=O)O)C(=O)Nc1ccc(COC(=O)C(C)(C)C)cc1. The molecule has 0 aliphatic carbocycles. The maximum absolute atomic E-state index is 13.2. The zero-order valence-electron chi connectivity index (χ0n) is 26.5. The molecule has 45 heavy (non-hydrogen) atoms. The summed E-state index contributed by atoms with van der Waals surface area (Å²) in [4.78, 5) is 86.5. The second-order valence-corrected chi connectivity index (χ2v) is 12.3. The number of anilines is 1. The van der Waals surface area contributed by atoms with E-state index in [-0.39, 0.29) is 62.0 Å². The number of carbonyl (C=O) groups excluding carboxylic acids is 6. The first-order valence-corrected chi connectivity index (χ1v) is 15.0. The van der Waals surface area contributed by atoms with Gasteiger partial charge in [-0.25, -0.2) is 0 Å². The highest BCUT2D eigenvalue weighted by Gasteiger charge is 2.29. The molecule has 0 radical (unpaired) electrons. The van der Waals surface area contributed by atoms with Gasteiger partial charge in [0, 0.05) is 37.2 Å². The molecule has 4 N–H and O–H groups in total. The highest BCUT2D eigenvalue weighted by molar-refractivity contribution is 6.12. The first kappa shape index (κ1) is 36.6. The van der Waals surface area contributed by atoms with E-state index in [4.69, 9.17) is 4.74 Å². The third-order valence-electron chi connectivity index (χ3n) is 6.94. The van der Waals surface area contributed by atoms with Crippen molar-refractivity contribution < 1.29 is 43.4 Å². The first-order chi connectivity index (χ1) is 21.1. The van der Waals surface area contributed by atoms with Gasteiger partial charge < -0.3 is 25.8 Å². The summed E-state index contributed by atoms with van der Waals surface area (Å²) >= 11 is 0. The molecule has 5 amide bonds. The van der Waals surface area contributed by atoms with Gasteiger partial charge in [-0.15, -0.1) is 0 Å². The number of benzene rings is 1. The Balaban J connectivity index is 1.92. The highest BCUT2D eigenvalue weighted by atomic mass is 16.5. The third kappa shape index (κ3) is 12.5. The Hall–Kier alpha value is -4.55. The molecule has 0 fully saturated rings. The summed E-state index contributed by atoms with van der Waals surface area (Å²) in [6, 6.07) is 4.38. The lowest BCUT2D eigenvalue weighted by atomic mass is 9.97. The topological polar surface area (TPSA) is 188 Å². The third-order valence-corrected chi connectivity index (χ3v) is 6.94. The second-order valence-electron chi connectivity index (χ2n) is 12.3. The molecule has 0 saturated heterocycles. The van der Waals surface area contributed by atoms with Crippen molar-refractivity contribution in [2.45, 2.75) is 91.8 Å². The quantitative estimate of drug-likeness (QED) is 0.114. The van der Waals surface area contributed by atoms with Gasteiger partial charge in [0.05, 0.1) is 5.41 Å². The Bertz CT molecular complexity index is 1260. The van der Waals surface area contributed by atoms with Crippen molar-refractivity contribution in [3.05, 3.63) is 42.0 Å². The molecule has 2 rings (SSSR count). The lowest BCUT2D eigenvalue weighted by Gasteiger charge is -2.25. The van der Waals surface area contributed by atoms with Crippen LogP contribution in [0.2, 0.25) is 0 Å². The molecule has 246 valence electrons. The number of nitrogens with one attached hydrogen (secondary N) is 3. The first-order valence-electron chi connectivity index (χ1n) is 15.0. The van der Waals surface area contributed by atoms with Gasteiger partial charge in [-0.3, -0.25) is 38.5 Å². The molecule has 0 bridgehead atoms. The van der Waals surface area contributed by atoms with Crippen LogP contribution in [0.1, 0.15) is 78.7 Å². The minimum atomic E-state index is -1.19. The van der Waals surface area contributed by atoms with Gasteiger partial charge in [-0.2, -0.15) is 0 Å². The summed E-state index contributed by atoms with van der Waals surface area (Å²) in [5.74, 6) is -4.17. The predicted octanol–water partition coefficient (Wildman–Crippen LogP) is 2.69. The Labute approximate surface area is 263 Å². The number of carboxylic acid groups (broad SMARTS) is 1. The number of aliphatic carboxylic acids is 1. The van der Waals surface area contributed by atoms with Crippen LogP contribution in [0.5, 0.6) is 0 Å². The summed E-state index contributed by atoms with van der Waals surface area (Å²) in [6.45, 7) is 9.03. The minimum Gasteiger partial charge on any atom is -0.481 e. The van der Waals surface area contributed by atoms with Crippen LogP contribution in [0.15, 0.2) is 36.4 Å². The molecule has 0 aromatic heterocycles. The number of nitrogens with zero attached hydrogens (tertiary/aromatic N) is 1. The molecule has 1 aliphatic rings. The molecule has 0 spiro atoms. The van der Waals surface area contributed by atoms with Crippen molar-refractivity contribution in [2.24, 2.45) is 11.3 Å². The Morgan fingerprint density at radius 3 is 2.04 bits per heavy atom. The van der Waals surface area contributed by atoms with Crippen molar-refractivity contribution in [1.82, 2.24) is 15.5 Å². The maximum Gasteiger partial charge on any atom is 0.311 e. The number of unbranched alkanes of at least 4 members (excludes halogenated alkanes) is 2. The van der Waals surface area contributed by atoms with Crippen LogP contribution in [0.4, 0.5) is 5.69 Å². The summed E-state index contributed by atoms with van der Waals surface area (Å²) in [7, 11) is 0. The number of hydrogen-bond donors (Lipinski definition) is 4. The van der Waals surface area contributed by atoms with E-state index in [1.807, 2.05) is 0 Å². The number of hydrogen-bond acceptors (Lipinski definition) is 8. The normalized spacial score (nSPS) is 14.2. The fourth-order valence-corrected chi connectivity index (χ4v) is 4.24. The van der Waals surface area contributed by atoms with Crippen LogP contribution in [0, 0.1) is 11.3 Å². The number of carbonyl (C=O) groups is 7. The zero-order valence-corrected chi connectivity index (χ0v) is 26.5. The zero-order chi connectivity index (χ0) is 33.7. The fourth-order valence-electron chi connectivity index (χ4n) is 4.24. The van der Waals surface area contributed by atoms with Gasteiger partial charge in [0.2, 0.25) is 17.7 Å². The monoisotopic (exact) mass is 628 g/mol. The average Bonchev–Trinajstić information content (AvgIpc) is 3.28. The molecule has 1 aromatic carbocycles. The van der Waals surface area contributed by atoms with E-state index in [2.05, 4.69) is 16.0 Å². The van der Waals surface area contributed by atoms with Crippen molar-refractivity contribution in [2.75, 3.05) is 11.9 Å². The van der Waals surface area contributed by atoms with Crippen molar-refractivity contribution in [3.63, 3.8) is 0 Å². The van der Waals surface area contributed by atoms with Crippen molar-refractivity contribution in [1.29, 1.82) is 0 Å². The summed E-state index contributed by atoms with van der Waals surface area (Å²) in [6.07, 6.45) is 3.60. The molecule has 1 aliphatic heterocycles. The number of rotatable bonds is 17. The summed E-state index contributed by atoms with van der Waals surface area (Å²) in [5, 5.41) is 17.1. The number of amides is 5. The van der Waals surface area contributed by atoms with E-state index < -0.39 is 35.3 Å². The average molecular weight is 629 g/mol. The van der Waals surface area contributed by atoms with Gasteiger partial charge in [-0.1, -0.05) is 32.4 Å². The van der Waals surface area contributed by atoms with Crippen LogP contribution in [-0.2, 0) is 44.9 Å². The smallest absolute Gasteiger partial charge is 0.311 e. The largest absolute Gasteiger partial charge is 0.481 e. The Morgan fingerprint density at radius 2 is 1.49 bits per heavy atom. The van der Waals surface area contributed by atoms with Gasteiger partial charge in [-0.05, 0) is 63.6 Å². The van der Waals surface area contributed by atoms with Gasteiger partial charge in [0.1, 0.15) is 18.7 Å². The van der Waals surface area contributed by atoms with Crippen LogP contribution in [-0.4, -0.2) is 70.1 Å². The van der Waals surface area contributed by atoms with E-state index in [1.54, 1.807) is 58.9 Å². The molecule has 13 heteroatoms. The number of carboxylic acids is 1. The summed E-state index contributed by atoms with van der Waals surface area (Å²) < 4.78 is 5.29. The molecular weight excluding hydrogens is 584 g/mol. The lowest BCUT2D eigenvalue weighted by Crippen LogP contribution is -2.54. The number of imide groups is 1. The van der Waals surface area contributed by atoms with E-state index in [9.17, 15) is 38.7 Å². The number of esters is 1. The van der Waals surface area contributed by atoms with Crippen molar-refractivity contribution in [3.8, 4) is 0 Å². The van der Waals surface area contributed by atoms with Crippen LogP contribution in [0.25, 0.3) is 0 Å². The van der Waals surface area contributed by atoms with E-state index >= 15 is 0 Å². The lowest BCUT2D eigenvalue weighted by molar-refractivity contribution is -0.154. The Morgan fingerprint density at radius 1 is 0.867 bits per heavy atom. The highest BCUT2D eigenvalue weighted by Crippen LogP contribution is 2.18. The fraction of sp³-hybridized carbons (Fsp3) is 0.531. The van der Waals surface area contributed by atoms with E-state index in [0.29, 0.717) is 30.5 Å². The second kappa shape index (κ2) is 17.1. The van der Waals surface area contributed by atoms with Crippen LogP contribution < -0.4 is 16.0 Å². The van der Waals surface area contributed by atoms with E-state index in [1.165, 1.54) is 12.2 Å². The molecule has 0 saturated carbocycles. The van der Waals surface area contributed by atoms with Crippen LogP contribution >= 0.6 is 0 Å². The number of ether oxygens (including phenoxy) is 1. The standard InChI is InChI=1S/C32H44N4O9/c1-20(2)28(35-24(37)9-7-6-8-18-36-25(38)15-16-26(36)39)30(43)34-23(14-17-27(40)41)29(42)33-22-12-10-21(11-13-22)19-45-31(44)32(3,4)5/h10-13,15-16,20,23,28H,6-9,14,17-19H2,1-5H3,(H,33,42)(H,34,43)(H,35,37)(H,40,41)/t23-,28-/m0/s1. The molecule has 1 aromatic rings. The van der Waals surface area contributed by atoms with Gasteiger partial charge in [0.25, 0.3) is 11.8 Å². The van der Waals surface area contributed by atoms with Crippen molar-refractivity contribution >= 4 is 47.2 Å². The van der Waals surface area contributed by atoms with E-state index in [0.717, 1.165) is 4.90 Å². The molecule has 13 nitrogen and oxygen atoms in total.